The minimum atomic E-state index is -0.469. The van der Waals surface area contributed by atoms with E-state index in [2.05, 4.69) is 22.0 Å². The van der Waals surface area contributed by atoms with Crippen molar-refractivity contribution in [3.05, 3.63) is 44.6 Å². The maximum absolute atomic E-state index is 11.1. The summed E-state index contributed by atoms with van der Waals surface area (Å²) in [6.45, 7) is 0.760. The number of carbonyl (C=O) groups excluding carboxylic acids is 1. The van der Waals surface area contributed by atoms with Crippen LogP contribution in [0.3, 0.4) is 0 Å². The zero-order chi connectivity index (χ0) is 14.0. The molecule has 0 bridgehead atoms. The van der Waals surface area contributed by atoms with Crippen LogP contribution in [0.1, 0.15) is 15.2 Å². The topological polar surface area (TPSA) is 72.3 Å². The van der Waals surface area contributed by atoms with E-state index >= 15 is 0 Å². The molecule has 0 atom stereocenters. The molecule has 0 saturated heterocycles. The molecule has 2 aromatic rings. The lowest BCUT2D eigenvalue weighted by molar-refractivity contribution is 0.100. The highest BCUT2D eigenvalue weighted by Crippen LogP contribution is 2.27. The van der Waals surface area contributed by atoms with Crippen LogP contribution in [-0.2, 0) is 6.54 Å². The monoisotopic (exact) mass is 339 g/mol. The van der Waals surface area contributed by atoms with E-state index < -0.39 is 5.91 Å². The maximum Gasteiger partial charge on any atom is 0.248 e. The third-order valence-electron chi connectivity index (χ3n) is 2.74. The lowest BCUT2D eigenvalue weighted by Crippen LogP contribution is -2.18. The van der Waals surface area contributed by atoms with Crippen LogP contribution < -0.4 is 16.4 Å². The van der Waals surface area contributed by atoms with Crippen LogP contribution in [-0.4, -0.2) is 13.0 Å². The molecule has 0 saturated carbocycles. The lowest BCUT2D eigenvalue weighted by Gasteiger charge is -2.20. The average molecular weight is 340 g/mol. The molecule has 4 N–H and O–H groups in total. The molecule has 0 aliphatic carbocycles. The van der Waals surface area contributed by atoms with Crippen LogP contribution in [0.25, 0.3) is 0 Å². The maximum atomic E-state index is 11.1. The fourth-order valence-corrected chi connectivity index (χ4v) is 3.31. The Kier molecular flexibility index (Phi) is 4.11. The number of benzene rings is 1. The largest absolute Gasteiger partial charge is 0.397 e. The van der Waals surface area contributed by atoms with E-state index in [0.717, 1.165) is 16.7 Å². The molecule has 1 aromatic carbocycles. The van der Waals surface area contributed by atoms with Crippen molar-refractivity contribution in [1.82, 2.24) is 0 Å². The van der Waals surface area contributed by atoms with Crippen molar-refractivity contribution in [2.24, 2.45) is 5.73 Å². The van der Waals surface area contributed by atoms with Gasteiger partial charge in [-0.2, -0.15) is 0 Å². The molecule has 0 fully saturated rings. The van der Waals surface area contributed by atoms with E-state index in [1.54, 1.807) is 23.5 Å². The summed E-state index contributed by atoms with van der Waals surface area (Å²) in [4.78, 5) is 14.3. The predicted molar refractivity (Wildman–Crippen MR) is 83.5 cm³/mol. The molecule has 0 spiro atoms. The van der Waals surface area contributed by atoms with Gasteiger partial charge in [0.1, 0.15) is 0 Å². The van der Waals surface area contributed by atoms with Gasteiger partial charge in [-0.25, -0.2) is 0 Å². The van der Waals surface area contributed by atoms with Crippen molar-refractivity contribution in [3.63, 3.8) is 0 Å². The smallest absolute Gasteiger partial charge is 0.248 e. The van der Waals surface area contributed by atoms with Crippen LogP contribution in [0.5, 0.6) is 0 Å². The van der Waals surface area contributed by atoms with Gasteiger partial charge in [-0.1, -0.05) is 0 Å². The summed E-state index contributed by atoms with van der Waals surface area (Å²) in [6, 6.07) is 7.20. The Hall–Kier alpha value is -1.53. The number of amides is 1. The van der Waals surface area contributed by atoms with E-state index in [1.807, 2.05) is 23.4 Å². The Balaban J connectivity index is 2.19. The highest BCUT2D eigenvalue weighted by atomic mass is 79.9. The number of nitrogens with two attached hydrogens (primary N) is 2. The second-order valence-electron chi connectivity index (χ2n) is 4.23. The van der Waals surface area contributed by atoms with Gasteiger partial charge in [0.2, 0.25) is 5.91 Å². The second-order valence-corrected chi connectivity index (χ2v) is 6.14. The second kappa shape index (κ2) is 5.63. The number of rotatable bonds is 4. The van der Waals surface area contributed by atoms with Gasteiger partial charge in [-0.15, -0.1) is 11.3 Å². The summed E-state index contributed by atoms with van der Waals surface area (Å²) in [6.07, 6.45) is 0. The molecule has 0 unspecified atom stereocenters. The molecule has 0 aliphatic heterocycles. The zero-order valence-electron chi connectivity index (χ0n) is 10.4. The van der Waals surface area contributed by atoms with Crippen molar-refractivity contribution < 1.29 is 4.79 Å². The van der Waals surface area contributed by atoms with Gasteiger partial charge < -0.3 is 16.4 Å². The third kappa shape index (κ3) is 3.27. The van der Waals surface area contributed by atoms with E-state index in [0.29, 0.717) is 11.3 Å². The Morgan fingerprint density at radius 3 is 2.68 bits per heavy atom. The van der Waals surface area contributed by atoms with Gasteiger partial charge >= 0.3 is 0 Å². The van der Waals surface area contributed by atoms with Crippen molar-refractivity contribution in [1.29, 1.82) is 0 Å². The number of primary amides is 1. The highest BCUT2D eigenvalue weighted by Gasteiger charge is 2.10. The first-order valence-electron chi connectivity index (χ1n) is 5.60. The molecule has 6 heteroatoms. The minimum absolute atomic E-state index is 0.425. The fraction of sp³-hybridized carbons (Fsp3) is 0.154. The number of hydrogen-bond acceptors (Lipinski definition) is 4. The van der Waals surface area contributed by atoms with E-state index in [-0.39, 0.29) is 0 Å². The first-order chi connectivity index (χ1) is 8.97. The van der Waals surface area contributed by atoms with Gasteiger partial charge in [-0.3, -0.25) is 4.79 Å². The molecule has 1 aromatic heterocycles. The van der Waals surface area contributed by atoms with Gasteiger partial charge in [-0.05, 0) is 40.2 Å². The van der Waals surface area contributed by atoms with Gasteiger partial charge in [0, 0.05) is 27.3 Å². The summed E-state index contributed by atoms with van der Waals surface area (Å²) >= 11 is 5.12. The van der Waals surface area contributed by atoms with Crippen LogP contribution in [0.15, 0.2) is 34.1 Å². The van der Waals surface area contributed by atoms with E-state index in [4.69, 9.17) is 11.5 Å². The fourth-order valence-electron chi connectivity index (χ4n) is 1.81. The summed E-state index contributed by atoms with van der Waals surface area (Å²) in [7, 11) is 1.96. The Morgan fingerprint density at radius 2 is 2.16 bits per heavy atom. The van der Waals surface area contributed by atoms with Crippen molar-refractivity contribution in [2.45, 2.75) is 6.54 Å². The van der Waals surface area contributed by atoms with Gasteiger partial charge in [0.15, 0.2) is 0 Å². The molecule has 0 radical (unpaired) electrons. The van der Waals surface area contributed by atoms with Crippen molar-refractivity contribution >= 4 is 44.5 Å². The average Bonchev–Trinajstić information content (AvgIpc) is 2.74. The summed E-state index contributed by atoms with van der Waals surface area (Å²) < 4.78 is 1.08. The SMILES string of the molecule is CN(Cc1cc(Br)cs1)c1ccc(C(N)=O)cc1N. The normalized spacial score (nSPS) is 10.4. The molecular weight excluding hydrogens is 326 g/mol. The number of halogens is 1. The minimum Gasteiger partial charge on any atom is -0.397 e. The number of nitrogens with zero attached hydrogens (tertiary/aromatic N) is 1. The molecule has 1 amide bonds. The third-order valence-corrected chi connectivity index (χ3v) is 4.42. The number of carbonyl (C=O) groups is 1. The highest BCUT2D eigenvalue weighted by molar-refractivity contribution is 9.10. The molecule has 4 nitrogen and oxygen atoms in total. The standard InChI is InChI=1S/C13H14BrN3OS/c1-17(6-10-5-9(14)7-19-10)12-3-2-8(13(16)18)4-11(12)15/h2-5,7H,6,15H2,1H3,(H2,16,18). The molecular formula is C13H14BrN3OS. The predicted octanol–water partition coefficient (Wildman–Crippen LogP) is 2.83. The van der Waals surface area contributed by atoms with Crippen molar-refractivity contribution in [3.8, 4) is 0 Å². The first-order valence-corrected chi connectivity index (χ1v) is 7.28. The number of thiophene rings is 1. The Bertz CT molecular complexity index is 612. The number of anilines is 2. The quantitative estimate of drug-likeness (QED) is 0.841. The summed E-state index contributed by atoms with van der Waals surface area (Å²) in [5.74, 6) is -0.469. The zero-order valence-corrected chi connectivity index (χ0v) is 12.8. The lowest BCUT2D eigenvalue weighted by atomic mass is 10.1. The van der Waals surface area contributed by atoms with Gasteiger partial charge in [0.05, 0.1) is 17.9 Å². The summed E-state index contributed by atoms with van der Waals surface area (Å²) in [5, 5.41) is 2.04. The first kappa shape index (κ1) is 13.9. The summed E-state index contributed by atoms with van der Waals surface area (Å²) in [5.41, 5.74) is 13.0. The molecule has 19 heavy (non-hydrogen) atoms. The van der Waals surface area contributed by atoms with Crippen LogP contribution >= 0.6 is 27.3 Å². The number of hydrogen-bond donors (Lipinski definition) is 2. The van der Waals surface area contributed by atoms with E-state index in [1.165, 1.54) is 4.88 Å². The molecule has 100 valence electrons. The molecule has 0 aliphatic rings. The Morgan fingerprint density at radius 1 is 1.42 bits per heavy atom. The molecule has 2 rings (SSSR count). The van der Waals surface area contributed by atoms with Crippen LogP contribution in [0, 0.1) is 0 Å². The Labute approximate surface area is 124 Å². The van der Waals surface area contributed by atoms with Crippen molar-refractivity contribution in [2.75, 3.05) is 17.7 Å². The van der Waals surface area contributed by atoms with Crippen LogP contribution in [0.2, 0.25) is 0 Å². The van der Waals surface area contributed by atoms with E-state index in [9.17, 15) is 4.79 Å². The van der Waals surface area contributed by atoms with Crippen LogP contribution in [0.4, 0.5) is 11.4 Å². The molecule has 1 heterocycles. The number of nitrogen functional groups attached to an aromatic ring is 1. The van der Waals surface area contributed by atoms with Gasteiger partial charge in [0.25, 0.3) is 0 Å².